The van der Waals surface area contributed by atoms with E-state index in [0.29, 0.717) is 12.0 Å². The quantitative estimate of drug-likeness (QED) is 0.881. The molecule has 2 atom stereocenters. The molecule has 2 fully saturated rings. The first kappa shape index (κ1) is 12.1. The Balaban J connectivity index is 1.84. The number of pyridine rings is 1. The second-order valence-corrected chi connectivity index (χ2v) is 5.78. The molecule has 2 aliphatic rings. The molecule has 0 bridgehead atoms. The van der Waals surface area contributed by atoms with Crippen LogP contribution in [0.1, 0.15) is 36.6 Å². The third kappa shape index (κ3) is 2.29. The van der Waals surface area contributed by atoms with E-state index in [2.05, 4.69) is 41.3 Å². The van der Waals surface area contributed by atoms with E-state index in [4.69, 9.17) is 0 Å². The van der Waals surface area contributed by atoms with Gasteiger partial charge in [0.25, 0.3) is 0 Å². The van der Waals surface area contributed by atoms with Crippen LogP contribution in [0.3, 0.4) is 0 Å². The van der Waals surface area contributed by atoms with Gasteiger partial charge in [-0.3, -0.25) is 9.88 Å². The highest BCUT2D eigenvalue weighted by atomic mass is 15.2. The number of likely N-dealkylation sites (tertiary alicyclic amines) is 1. The Bertz CT molecular complexity index is 397. The first-order chi connectivity index (χ1) is 8.79. The molecule has 2 heterocycles. The summed E-state index contributed by atoms with van der Waals surface area (Å²) in [5, 5.41) is 3.35. The molecular formula is C15H23N3. The third-order valence-electron chi connectivity index (χ3n) is 4.28. The van der Waals surface area contributed by atoms with E-state index >= 15 is 0 Å². The topological polar surface area (TPSA) is 28.2 Å². The number of nitrogens with one attached hydrogen (secondary N) is 1. The van der Waals surface area contributed by atoms with E-state index in [1.165, 1.54) is 37.1 Å². The van der Waals surface area contributed by atoms with Crippen LogP contribution in [0.4, 0.5) is 0 Å². The zero-order valence-corrected chi connectivity index (χ0v) is 11.4. The van der Waals surface area contributed by atoms with E-state index in [9.17, 15) is 0 Å². The molecule has 1 aliphatic carbocycles. The predicted molar refractivity (Wildman–Crippen MR) is 73.5 cm³/mol. The Kier molecular flexibility index (Phi) is 3.35. The van der Waals surface area contributed by atoms with Crippen molar-refractivity contribution < 1.29 is 0 Å². The zero-order valence-electron chi connectivity index (χ0n) is 11.4. The average molecular weight is 245 g/mol. The van der Waals surface area contributed by atoms with Crippen molar-refractivity contribution >= 4 is 0 Å². The summed E-state index contributed by atoms with van der Waals surface area (Å²) in [6.07, 6.45) is 6.08. The van der Waals surface area contributed by atoms with Crippen LogP contribution in [0.15, 0.2) is 18.3 Å². The van der Waals surface area contributed by atoms with Crippen LogP contribution >= 0.6 is 0 Å². The molecule has 0 radical (unpaired) electrons. The standard InChI is InChI=1S/C15H23N3/c1-11-3-6-14(17-9-11)15-12(10-16-2)7-8-18(15)13-4-5-13/h3,6,9,12-13,15-16H,4-5,7-8,10H2,1-2H3. The van der Waals surface area contributed by atoms with Gasteiger partial charge in [-0.2, -0.15) is 0 Å². The molecule has 1 saturated heterocycles. The van der Waals surface area contributed by atoms with Gasteiger partial charge in [0, 0.05) is 12.2 Å². The largest absolute Gasteiger partial charge is 0.319 e. The van der Waals surface area contributed by atoms with Crippen molar-refractivity contribution in [2.24, 2.45) is 5.92 Å². The van der Waals surface area contributed by atoms with Crippen molar-refractivity contribution in [3.05, 3.63) is 29.6 Å². The number of nitrogens with zero attached hydrogens (tertiary/aromatic N) is 2. The SMILES string of the molecule is CNCC1CCN(C2CC2)C1c1ccc(C)cn1. The fraction of sp³-hybridized carbons (Fsp3) is 0.667. The lowest BCUT2D eigenvalue weighted by Gasteiger charge is -2.27. The van der Waals surface area contributed by atoms with Crippen molar-refractivity contribution in [3.63, 3.8) is 0 Å². The lowest BCUT2D eigenvalue weighted by molar-refractivity contribution is 0.213. The molecule has 0 aromatic carbocycles. The summed E-state index contributed by atoms with van der Waals surface area (Å²) >= 11 is 0. The van der Waals surface area contributed by atoms with Crippen molar-refractivity contribution in [2.45, 2.75) is 38.3 Å². The van der Waals surface area contributed by atoms with Crippen LogP contribution in [-0.2, 0) is 0 Å². The van der Waals surface area contributed by atoms with E-state index in [-0.39, 0.29) is 0 Å². The smallest absolute Gasteiger partial charge is 0.0579 e. The van der Waals surface area contributed by atoms with E-state index in [1.807, 2.05) is 6.20 Å². The number of hydrogen-bond donors (Lipinski definition) is 1. The van der Waals surface area contributed by atoms with Gasteiger partial charge in [-0.1, -0.05) is 6.07 Å². The van der Waals surface area contributed by atoms with Crippen molar-refractivity contribution in [1.82, 2.24) is 15.2 Å². The molecule has 1 saturated carbocycles. The summed E-state index contributed by atoms with van der Waals surface area (Å²) in [4.78, 5) is 7.38. The molecule has 1 aromatic heterocycles. The molecule has 3 heteroatoms. The van der Waals surface area contributed by atoms with E-state index < -0.39 is 0 Å². The highest BCUT2D eigenvalue weighted by Gasteiger charge is 2.42. The van der Waals surface area contributed by atoms with Crippen molar-refractivity contribution in [1.29, 1.82) is 0 Å². The molecule has 0 spiro atoms. The maximum Gasteiger partial charge on any atom is 0.0579 e. The van der Waals surface area contributed by atoms with Gasteiger partial charge in [0.05, 0.1) is 11.7 Å². The second-order valence-electron chi connectivity index (χ2n) is 5.78. The summed E-state index contributed by atoms with van der Waals surface area (Å²) < 4.78 is 0. The second kappa shape index (κ2) is 4.98. The monoisotopic (exact) mass is 245 g/mol. The van der Waals surface area contributed by atoms with Gasteiger partial charge >= 0.3 is 0 Å². The number of rotatable bonds is 4. The first-order valence-electron chi connectivity index (χ1n) is 7.12. The molecule has 0 amide bonds. The summed E-state index contributed by atoms with van der Waals surface area (Å²) in [6.45, 7) is 4.45. The van der Waals surface area contributed by atoms with Crippen LogP contribution in [0.25, 0.3) is 0 Å². The fourth-order valence-corrected chi connectivity index (χ4v) is 3.24. The Morgan fingerprint density at radius 3 is 2.78 bits per heavy atom. The van der Waals surface area contributed by atoms with Gasteiger partial charge in [0.2, 0.25) is 0 Å². The first-order valence-corrected chi connectivity index (χ1v) is 7.12. The minimum Gasteiger partial charge on any atom is -0.319 e. The van der Waals surface area contributed by atoms with Gasteiger partial charge in [-0.15, -0.1) is 0 Å². The minimum absolute atomic E-state index is 0.533. The highest BCUT2D eigenvalue weighted by molar-refractivity contribution is 5.18. The molecule has 1 N–H and O–H groups in total. The molecule has 1 aliphatic heterocycles. The third-order valence-corrected chi connectivity index (χ3v) is 4.28. The van der Waals surface area contributed by atoms with E-state index in [1.54, 1.807) is 0 Å². The molecule has 3 rings (SSSR count). The van der Waals surface area contributed by atoms with Gasteiger partial charge < -0.3 is 5.32 Å². The Morgan fingerprint density at radius 1 is 1.33 bits per heavy atom. The fourth-order valence-electron chi connectivity index (χ4n) is 3.24. The predicted octanol–water partition coefficient (Wildman–Crippen LogP) is 2.13. The lowest BCUT2D eigenvalue weighted by atomic mass is 9.96. The molecule has 2 unspecified atom stereocenters. The summed E-state index contributed by atoms with van der Waals surface area (Å²) in [7, 11) is 2.05. The number of aryl methyl sites for hydroxylation is 1. The lowest BCUT2D eigenvalue weighted by Crippen LogP contribution is -2.31. The Labute approximate surface area is 110 Å². The van der Waals surface area contributed by atoms with Gasteiger partial charge in [0.15, 0.2) is 0 Å². The average Bonchev–Trinajstić information content (AvgIpc) is 3.13. The molecule has 1 aromatic rings. The van der Waals surface area contributed by atoms with Gasteiger partial charge in [-0.25, -0.2) is 0 Å². The van der Waals surface area contributed by atoms with E-state index in [0.717, 1.165) is 12.6 Å². The Morgan fingerprint density at radius 2 is 2.17 bits per heavy atom. The minimum atomic E-state index is 0.533. The summed E-state index contributed by atoms with van der Waals surface area (Å²) in [6, 6.07) is 5.79. The number of aromatic nitrogens is 1. The van der Waals surface area contributed by atoms with Crippen LogP contribution in [-0.4, -0.2) is 36.1 Å². The Hall–Kier alpha value is -0.930. The van der Waals surface area contributed by atoms with Gasteiger partial charge in [-0.05, 0) is 63.9 Å². The molecule has 18 heavy (non-hydrogen) atoms. The molecule has 3 nitrogen and oxygen atoms in total. The van der Waals surface area contributed by atoms with Crippen molar-refractivity contribution in [3.8, 4) is 0 Å². The molecule has 98 valence electrons. The zero-order chi connectivity index (χ0) is 12.5. The highest BCUT2D eigenvalue weighted by Crippen LogP contribution is 2.43. The van der Waals surface area contributed by atoms with Crippen LogP contribution in [0.2, 0.25) is 0 Å². The number of hydrogen-bond acceptors (Lipinski definition) is 3. The summed E-state index contributed by atoms with van der Waals surface area (Å²) in [5.74, 6) is 0.714. The molecular weight excluding hydrogens is 222 g/mol. The van der Waals surface area contributed by atoms with Crippen LogP contribution < -0.4 is 5.32 Å². The van der Waals surface area contributed by atoms with Crippen LogP contribution in [0.5, 0.6) is 0 Å². The maximum atomic E-state index is 4.68. The van der Waals surface area contributed by atoms with Crippen LogP contribution in [0, 0.1) is 12.8 Å². The van der Waals surface area contributed by atoms with Gasteiger partial charge in [0.1, 0.15) is 0 Å². The van der Waals surface area contributed by atoms with Crippen molar-refractivity contribution in [2.75, 3.05) is 20.1 Å². The summed E-state index contributed by atoms with van der Waals surface area (Å²) in [5.41, 5.74) is 2.52. The normalized spacial score (nSPS) is 28.8. The maximum absolute atomic E-state index is 4.68.